The van der Waals surface area contributed by atoms with Gasteiger partial charge in [-0.05, 0) is 19.0 Å². The van der Waals surface area contributed by atoms with Gasteiger partial charge in [-0.2, -0.15) is 0 Å². The molecule has 0 fully saturated rings. The lowest BCUT2D eigenvalue weighted by molar-refractivity contribution is 0.346. The van der Waals surface area contributed by atoms with E-state index < -0.39 is 0 Å². The Morgan fingerprint density at radius 1 is 1.29 bits per heavy atom. The van der Waals surface area contributed by atoms with Crippen molar-refractivity contribution in [3.8, 4) is 11.5 Å². The fourth-order valence-corrected chi connectivity index (χ4v) is 1.83. The molecular formula is C13H22N2O2. The van der Waals surface area contributed by atoms with Gasteiger partial charge in [0.1, 0.15) is 0 Å². The largest absolute Gasteiger partial charge is 0.493 e. The summed E-state index contributed by atoms with van der Waals surface area (Å²) in [5.41, 5.74) is 6.85. The second-order valence-corrected chi connectivity index (χ2v) is 3.83. The van der Waals surface area contributed by atoms with Crippen LogP contribution in [-0.2, 0) is 0 Å². The predicted molar refractivity (Wildman–Crippen MR) is 69.6 cm³/mol. The summed E-state index contributed by atoms with van der Waals surface area (Å²) in [6.45, 7) is 3.59. The average Bonchev–Trinajstić information content (AvgIpc) is 2.39. The topological polar surface area (TPSA) is 56.5 Å². The number of ether oxygens (including phenoxy) is 2. The Morgan fingerprint density at radius 2 is 2.06 bits per heavy atom. The molecule has 0 saturated heterocycles. The molecule has 1 rings (SSSR count). The monoisotopic (exact) mass is 238 g/mol. The molecule has 0 aromatic heterocycles. The molecule has 96 valence electrons. The molecule has 1 aromatic rings. The number of para-hydroxylation sites is 1. The first-order valence-electron chi connectivity index (χ1n) is 5.92. The molecule has 3 N–H and O–H groups in total. The van der Waals surface area contributed by atoms with Gasteiger partial charge in [0, 0.05) is 18.2 Å². The van der Waals surface area contributed by atoms with Crippen LogP contribution in [0.5, 0.6) is 11.5 Å². The van der Waals surface area contributed by atoms with E-state index in [-0.39, 0.29) is 6.04 Å². The quantitative estimate of drug-likeness (QED) is 0.759. The zero-order valence-electron chi connectivity index (χ0n) is 10.8. The second-order valence-electron chi connectivity index (χ2n) is 3.83. The van der Waals surface area contributed by atoms with Crippen LogP contribution >= 0.6 is 0 Å². The highest BCUT2D eigenvalue weighted by molar-refractivity contribution is 5.48. The highest BCUT2D eigenvalue weighted by Gasteiger charge is 2.16. The Labute approximate surface area is 103 Å². The van der Waals surface area contributed by atoms with Crippen molar-refractivity contribution in [3.63, 3.8) is 0 Å². The summed E-state index contributed by atoms with van der Waals surface area (Å²) >= 11 is 0. The molecule has 0 aliphatic heterocycles. The minimum absolute atomic E-state index is 0.0972. The molecule has 1 atom stereocenters. The Morgan fingerprint density at radius 3 is 2.59 bits per heavy atom. The summed E-state index contributed by atoms with van der Waals surface area (Å²) in [6, 6.07) is 5.95. The third-order valence-electron chi connectivity index (χ3n) is 2.69. The molecule has 0 aliphatic carbocycles. The molecule has 1 aromatic carbocycles. The average molecular weight is 238 g/mol. The van der Waals surface area contributed by atoms with Crippen LogP contribution < -0.4 is 20.5 Å². The van der Waals surface area contributed by atoms with Gasteiger partial charge in [0.05, 0.1) is 14.2 Å². The second kappa shape index (κ2) is 7.14. The Hall–Kier alpha value is -1.26. The van der Waals surface area contributed by atoms with Gasteiger partial charge in [-0.3, -0.25) is 0 Å². The summed E-state index contributed by atoms with van der Waals surface area (Å²) in [6.07, 6.45) is 1.07. The van der Waals surface area contributed by atoms with E-state index in [2.05, 4.69) is 12.2 Å². The molecule has 0 bridgehead atoms. The maximum absolute atomic E-state index is 5.80. The van der Waals surface area contributed by atoms with Crippen LogP contribution in [0.4, 0.5) is 0 Å². The van der Waals surface area contributed by atoms with Gasteiger partial charge in [-0.15, -0.1) is 0 Å². The summed E-state index contributed by atoms with van der Waals surface area (Å²) in [5.74, 6) is 1.50. The van der Waals surface area contributed by atoms with Crippen molar-refractivity contribution in [1.29, 1.82) is 0 Å². The van der Waals surface area contributed by atoms with Crippen molar-refractivity contribution in [2.75, 3.05) is 27.3 Å². The Balaban J connectivity index is 3.00. The van der Waals surface area contributed by atoms with Crippen LogP contribution in [0.2, 0.25) is 0 Å². The Bertz CT molecular complexity index is 342. The molecule has 4 nitrogen and oxygen atoms in total. The first-order valence-corrected chi connectivity index (χ1v) is 5.92. The lowest BCUT2D eigenvalue weighted by Crippen LogP contribution is -2.29. The van der Waals surface area contributed by atoms with Crippen LogP contribution in [0.15, 0.2) is 18.2 Å². The minimum Gasteiger partial charge on any atom is -0.493 e. The summed E-state index contributed by atoms with van der Waals surface area (Å²) in [4.78, 5) is 0. The SMILES string of the molecule is CCCNC(CN)c1cccc(OC)c1OC. The third kappa shape index (κ3) is 3.35. The predicted octanol–water partition coefficient (Wildman–Crippen LogP) is 1.70. The van der Waals surface area contributed by atoms with E-state index in [9.17, 15) is 0 Å². The number of nitrogens with two attached hydrogens (primary N) is 1. The van der Waals surface area contributed by atoms with Crippen molar-refractivity contribution in [3.05, 3.63) is 23.8 Å². The third-order valence-corrected chi connectivity index (χ3v) is 2.69. The van der Waals surface area contributed by atoms with Gasteiger partial charge >= 0.3 is 0 Å². The molecule has 0 radical (unpaired) electrons. The van der Waals surface area contributed by atoms with E-state index in [0.717, 1.165) is 30.0 Å². The van der Waals surface area contributed by atoms with Gasteiger partial charge < -0.3 is 20.5 Å². The number of nitrogens with one attached hydrogen (secondary N) is 1. The molecule has 0 spiro atoms. The molecule has 17 heavy (non-hydrogen) atoms. The number of benzene rings is 1. The van der Waals surface area contributed by atoms with Crippen LogP contribution in [0, 0.1) is 0 Å². The standard InChI is InChI=1S/C13H22N2O2/c1-4-8-15-11(9-14)10-6-5-7-12(16-2)13(10)17-3/h5-7,11,15H,4,8-9,14H2,1-3H3. The fourth-order valence-electron chi connectivity index (χ4n) is 1.83. The van der Waals surface area contributed by atoms with Crippen LogP contribution in [0.25, 0.3) is 0 Å². The molecular weight excluding hydrogens is 216 g/mol. The minimum atomic E-state index is 0.0972. The number of hydrogen-bond acceptors (Lipinski definition) is 4. The van der Waals surface area contributed by atoms with Crippen LogP contribution in [0.1, 0.15) is 24.9 Å². The molecule has 0 amide bonds. The lowest BCUT2D eigenvalue weighted by Gasteiger charge is -2.20. The van der Waals surface area contributed by atoms with Crippen LogP contribution in [-0.4, -0.2) is 27.3 Å². The van der Waals surface area contributed by atoms with Crippen molar-refractivity contribution in [2.24, 2.45) is 5.73 Å². The number of methoxy groups -OCH3 is 2. The summed E-state index contributed by atoms with van der Waals surface area (Å²) in [7, 11) is 3.29. The number of hydrogen-bond donors (Lipinski definition) is 2. The number of rotatable bonds is 7. The molecule has 0 heterocycles. The van der Waals surface area contributed by atoms with E-state index >= 15 is 0 Å². The molecule has 0 aliphatic rings. The van der Waals surface area contributed by atoms with E-state index in [1.165, 1.54) is 0 Å². The first-order chi connectivity index (χ1) is 8.28. The summed E-state index contributed by atoms with van der Waals surface area (Å²) < 4.78 is 10.7. The normalized spacial score (nSPS) is 12.2. The highest BCUT2D eigenvalue weighted by atomic mass is 16.5. The van der Waals surface area contributed by atoms with E-state index in [1.807, 2.05) is 18.2 Å². The summed E-state index contributed by atoms with van der Waals surface area (Å²) in [5, 5.41) is 3.40. The van der Waals surface area contributed by atoms with E-state index in [0.29, 0.717) is 6.54 Å². The van der Waals surface area contributed by atoms with Crippen molar-refractivity contribution in [1.82, 2.24) is 5.32 Å². The maximum atomic E-state index is 5.80. The van der Waals surface area contributed by atoms with Gasteiger partial charge in [-0.1, -0.05) is 19.1 Å². The highest BCUT2D eigenvalue weighted by Crippen LogP contribution is 2.34. The van der Waals surface area contributed by atoms with E-state index in [1.54, 1.807) is 14.2 Å². The van der Waals surface area contributed by atoms with Gasteiger partial charge in [0.15, 0.2) is 11.5 Å². The molecule has 0 saturated carbocycles. The maximum Gasteiger partial charge on any atom is 0.165 e. The zero-order chi connectivity index (χ0) is 12.7. The van der Waals surface area contributed by atoms with Crippen molar-refractivity contribution < 1.29 is 9.47 Å². The lowest BCUT2D eigenvalue weighted by atomic mass is 10.0. The Kier molecular flexibility index (Phi) is 5.80. The van der Waals surface area contributed by atoms with Crippen molar-refractivity contribution >= 4 is 0 Å². The van der Waals surface area contributed by atoms with Crippen LogP contribution in [0.3, 0.4) is 0 Å². The molecule has 1 unspecified atom stereocenters. The van der Waals surface area contributed by atoms with Gasteiger partial charge in [0.2, 0.25) is 0 Å². The van der Waals surface area contributed by atoms with Gasteiger partial charge in [-0.25, -0.2) is 0 Å². The first kappa shape index (κ1) is 13.8. The van der Waals surface area contributed by atoms with Crippen molar-refractivity contribution in [2.45, 2.75) is 19.4 Å². The fraction of sp³-hybridized carbons (Fsp3) is 0.538. The smallest absolute Gasteiger partial charge is 0.165 e. The van der Waals surface area contributed by atoms with Gasteiger partial charge in [0.25, 0.3) is 0 Å². The van der Waals surface area contributed by atoms with E-state index in [4.69, 9.17) is 15.2 Å². The zero-order valence-corrected chi connectivity index (χ0v) is 10.8. The molecule has 4 heteroatoms.